The van der Waals surface area contributed by atoms with Gasteiger partial charge in [0.2, 0.25) is 5.91 Å². The minimum Gasteiger partial charge on any atom is -0.349 e. The van der Waals surface area contributed by atoms with Crippen LogP contribution in [-0.2, 0) is 4.79 Å². The number of hydrogen-bond acceptors (Lipinski definition) is 2. The van der Waals surface area contributed by atoms with Crippen molar-refractivity contribution in [3.8, 4) is 6.07 Å². The molecule has 4 aliphatic carbocycles. The summed E-state index contributed by atoms with van der Waals surface area (Å²) in [7, 11) is 0. The second kappa shape index (κ2) is 5.59. The lowest BCUT2D eigenvalue weighted by molar-refractivity contribution is -0.144. The molecule has 0 spiro atoms. The molecule has 5 rings (SSSR count). The Kier molecular flexibility index (Phi) is 3.76. The molecular formula is C20H23BrN2O. The van der Waals surface area contributed by atoms with E-state index in [-0.39, 0.29) is 21.7 Å². The lowest BCUT2D eigenvalue weighted by Crippen LogP contribution is -2.58. The van der Waals surface area contributed by atoms with E-state index in [0.29, 0.717) is 17.4 Å². The molecule has 1 aromatic rings. The molecule has 126 valence electrons. The molecule has 0 heterocycles. The fourth-order valence-electron chi connectivity index (χ4n) is 5.70. The Morgan fingerprint density at radius 3 is 2.42 bits per heavy atom. The van der Waals surface area contributed by atoms with E-state index >= 15 is 0 Å². The van der Waals surface area contributed by atoms with Gasteiger partial charge in [-0.15, -0.1) is 0 Å². The summed E-state index contributed by atoms with van der Waals surface area (Å²) in [5, 5.41) is 12.2. The van der Waals surface area contributed by atoms with Gasteiger partial charge in [0.1, 0.15) is 0 Å². The molecule has 3 nitrogen and oxygen atoms in total. The maximum Gasteiger partial charge on any atom is 0.226 e. The van der Waals surface area contributed by atoms with E-state index in [2.05, 4.69) is 27.3 Å². The highest BCUT2D eigenvalue weighted by atomic mass is 79.9. The van der Waals surface area contributed by atoms with E-state index in [4.69, 9.17) is 5.26 Å². The van der Waals surface area contributed by atoms with Gasteiger partial charge in [0.15, 0.2) is 0 Å². The number of amides is 1. The predicted octanol–water partition coefficient (Wildman–Crippen LogP) is 4.47. The van der Waals surface area contributed by atoms with Crippen LogP contribution in [0, 0.1) is 28.6 Å². The quantitative estimate of drug-likeness (QED) is 0.778. The van der Waals surface area contributed by atoms with Crippen molar-refractivity contribution in [2.45, 2.75) is 55.8 Å². The highest BCUT2D eigenvalue weighted by Gasteiger charge is 2.59. The average Bonchev–Trinajstić information content (AvgIpc) is 2.52. The van der Waals surface area contributed by atoms with Gasteiger partial charge in [-0.2, -0.15) is 5.26 Å². The molecule has 24 heavy (non-hydrogen) atoms. The summed E-state index contributed by atoms with van der Waals surface area (Å²) in [5.74, 6) is 1.65. The minimum atomic E-state index is -0.172. The molecule has 4 fully saturated rings. The van der Waals surface area contributed by atoms with Crippen LogP contribution >= 0.6 is 15.9 Å². The van der Waals surface area contributed by atoms with Crippen molar-refractivity contribution in [2.24, 2.45) is 17.3 Å². The third-order valence-electron chi connectivity index (χ3n) is 6.36. The van der Waals surface area contributed by atoms with Gasteiger partial charge in [0.05, 0.1) is 23.1 Å². The summed E-state index contributed by atoms with van der Waals surface area (Å²) >= 11 is 3.98. The monoisotopic (exact) mass is 386 g/mol. The van der Waals surface area contributed by atoms with Gasteiger partial charge in [0, 0.05) is 4.32 Å². The fourth-order valence-corrected chi connectivity index (χ4v) is 7.15. The molecule has 0 aliphatic heterocycles. The standard InChI is InChI=1S/C20H23BrN2O/c1-13(17-4-2-14(11-22)3-5-17)23-18(24)19-7-15-6-16(8-19)10-20(21,9-15)12-19/h2-5,13,15-16H,6-10,12H2,1H3,(H,23,24). The first-order chi connectivity index (χ1) is 11.4. The normalized spacial score (nSPS) is 37.7. The largest absolute Gasteiger partial charge is 0.349 e. The summed E-state index contributed by atoms with van der Waals surface area (Å²) in [6, 6.07) is 9.62. The number of rotatable bonds is 3. The smallest absolute Gasteiger partial charge is 0.226 e. The van der Waals surface area contributed by atoms with Gasteiger partial charge in [-0.25, -0.2) is 0 Å². The molecule has 4 aliphatic rings. The fraction of sp³-hybridized carbons (Fsp3) is 0.600. The highest BCUT2D eigenvalue weighted by Crippen LogP contribution is 2.64. The zero-order chi connectivity index (χ0) is 16.9. The number of nitrogens with one attached hydrogen (secondary N) is 1. The van der Waals surface area contributed by atoms with E-state index in [1.54, 1.807) is 0 Å². The first-order valence-corrected chi connectivity index (χ1v) is 9.71. The zero-order valence-electron chi connectivity index (χ0n) is 14.0. The third kappa shape index (κ3) is 2.67. The first-order valence-electron chi connectivity index (χ1n) is 8.91. The van der Waals surface area contributed by atoms with E-state index < -0.39 is 0 Å². The minimum absolute atomic E-state index is 0.0236. The van der Waals surface area contributed by atoms with Gasteiger partial charge >= 0.3 is 0 Å². The van der Waals surface area contributed by atoms with Gasteiger partial charge in [-0.05, 0) is 75.0 Å². The summed E-state index contributed by atoms with van der Waals surface area (Å²) in [5.41, 5.74) is 1.54. The van der Waals surface area contributed by atoms with Crippen LogP contribution in [0.3, 0.4) is 0 Å². The van der Waals surface area contributed by atoms with Crippen molar-refractivity contribution in [3.05, 3.63) is 35.4 Å². The number of nitriles is 1. The van der Waals surface area contributed by atoms with Crippen LogP contribution in [0.2, 0.25) is 0 Å². The van der Waals surface area contributed by atoms with Crippen molar-refractivity contribution in [3.63, 3.8) is 0 Å². The Morgan fingerprint density at radius 1 is 1.25 bits per heavy atom. The van der Waals surface area contributed by atoms with Crippen LogP contribution < -0.4 is 5.32 Å². The maximum absolute atomic E-state index is 13.2. The highest BCUT2D eigenvalue weighted by molar-refractivity contribution is 9.10. The van der Waals surface area contributed by atoms with E-state index in [1.807, 2.05) is 31.2 Å². The average molecular weight is 387 g/mol. The van der Waals surface area contributed by atoms with E-state index in [1.165, 1.54) is 19.3 Å². The van der Waals surface area contributed by atoms with Crippen LogP contribution in [0.1, 0.15) is 62.6 Å². The van der Waals surface area contributed by atoms with Gasteiger partial charge < -0.3 is 5.32 Å². The number of nitrogens with zero attached hydrogens (tertiary/aromatic N) is 1. The van der Waals surface area contributed by atoms with Crippen LogP contribution in [0.4, 0.5) is 0 Å². The molecule has 3 unspecified atom stereocenters. The van der Waals surface area contributed by atoms with Gasteiger partial charge in [-0.1, -0.05) is 28.1 Å². The molecule has 0 saturated heterocycles. The Morgan fingerprint density at radius 2 is 1.88 bits per heavy atom. The molecule has 1 amide bonds. The molecular weight excluding hydrogens is 364 g/mol. The van der Waals surface area contributed by atoms with Crippen molar-refractivity contribution in [1.82, 2.24) is 5.32 Å². The molecule has 0 aromatic heterocycles. The number of alkyl halides is 1. The lowest BCUT2D eigenvalue weighted by Gasteiger charge is -2.59. The van der Waals surface area contributed by atoms with Crippen molar-refractivity contribution in [2.75, 3.05) is 0 Å². The number of carbonyl (C=O) groups is 1. The SMILES string of the molecule is CC(NC(=O)C12CC3CC(CC(Br)(C3)C1)C2)c1ccc(C#N)cc1. The van der Waals surface area contributed by atoms with Gasteiger partial charge in [-0.3, -0.25) is 4.79 Å². The van der Waals surface area contributed by atoms with Crippen molar-refractivity contribution >= 4 is 21.8 Å². The lowest BCUT2D eigenvalue weighted by atomic mass is 9.49. The summed E-state index contributed by atoms with van der Waals surface area (Å²) < 4.78 is 0.201. The Bertz CT molecular complexity index is 691. The number of halogens is 1. The zero-order valence-corrected chi connectivity index (χ0v) is 15.6. The van der Waals surface area contributed by atoms with Crippen LogP contribution in [0.5, 0.6) is 0 Å². The van der Waals surface area contributed by atoms with Crippen LogP contribution in [0.25, 0.3) is 0 Å². The Hall–Kier alpha value is -1.34. The van der Waals surface area contributed by atoms with Crippen molar-refractivity contribution < 1.29 is 4.79 Å². The third-order valence-corrected chi connectivity index (χ3v) is 7.29. The summed E-state index contributed by atoms with van der Waals surface area (Å²) in [6.45, 7) is 2.03. The first kappa shape index (κ1) is 16.1. The second-order valence-corrected chi connectivity index (χ2v) is 10.0. The maximum atomic E-state index is 13.2. The number of benzene rings is 1. The molecule has 1 N–H and O–H groups in total. The number of hydrogen-bond donors (Lipinski definition) is 1. The van der Waals surface area contributed by atoms with E-state index in [0.717, 1.165) is 24.8 Å². The van der Waals surface area contributed by atoms with Crippen LogP contribution in [0.15, 0.2) is 24.3 Å². The van der Waals surface area contributed by atoms with Crippen molar-refractivity contribution in [1.29, 1.82) is 5.26 Å². The molecule has 3 atom stereocenters. The van der Waals surface area contributed by atoms with Gasteiger partial charge in [0.25, 0.3) is 0 Å². The molecule has 4 bridgehead atoms. The molecule has 1 aromatic carbocycles. The van der Waals surface area contributed by atoms with Crippen LogP contribution in [-0.4, -0.2) is 10.2 Å². The summed E-state index contributed by atoms with van der Waals surface area (Å²) in [6.07, 6.45) is 6.89. The van der Waals surface area contributed by atoms with E-state index in [9.17, 15) is 4.79 Å². The molecule has 4 heteroatoms. The predicted molar refractivity (Wildman–Crippen MR) is 96.5 cm³/mol. The molecule has 4 saturated carbocycles. The molecule has 0 radical (unpaired) electrons. The Labute approximate surface area is 151 Å². The second-order valence-electron chi connectivity index (χ2n) is 8.32. The number of carbonyl (C=O) groups excluding carboxylic acids is 1. The topological polar surface area (TPSA) is 52.9 Å². The summed E-state index contributed by atoms with van der Waals surface area (Å²) in [4.78, 5) is 13.2. The Balaban J connectivity index is 1.50.